The van der Waals surface area contributed by atoms with Gasteiger partial charge in [0.25, 0.3) is 5.91 Å². The molecular formula is C27H33N7O3. The molecule has 37 heavy (non-hydrogen) atoms. The van der Waals surface area contributed by atoms with Crippen LogP contribution in [0.2, 0.25) is 0 Å². The second-order valence-electron chi connectivity index (χ2n) is 9.39. The van der Waals surface area contributed by atoms with E-state index in [0.717, 1.165) is 69.4 Å². The molecule has 2 saturated heterocycles. The Morgan fingerprint density at radius 3 is 1.95 bits per heavy atom. The number of piperidine rings is 2. The van der Waals surface area contributed by atoms with Gasteiger partial charge in [-0.05, 0) is 81.0 Å². The third kappa shape index (κ3) is 6.02. The van der Waals surface area contributed by atoms with Gasteiger partial charge in [-0.3, -0.25) is 4.79 Å². The molecule has 10 heteroatoms. The van der Waals surface area contributed by atoms with Gasteiger partial charge in [0.1, 0.15) is 11.5 Å². The van der Waals surface area contributed by atoms with Crippen LogP contribution in [0.1, 0.15) is 48.9 Å². The number of hydrogen-bond acceptors (Lipinski definition) is 9. The number of amides is 1. The number of benzene rings is 2. The number of phenols is 1. The van der Waals surface area contributed by atoms with E-state index < -0.39 is 5.91 Å². The SMILES string of the molecule is COc1ccc(O)c(C(=O)Nc2ccc(Nc3nc(N4CCCCC4)nc(N4CCCCC4)n3)cc2)c1. The van der Waals surface area contributed by atoms with Gasteiger partial charge in [0.15, 0.2) is 0 Å². The number of hydrogen-bond donors (Lipinski definition) is 3. The summed E-state index contributed by atoms with van der Waals surface area (Å²) < 4.78 is 5.15. The average Bonchev–Trinajstić information content (AvgIpc) is 2.95. The van der Waals surface area contributed by atoms with Gasteiger partial charge < -0.3 is 30.3 Å². The second-order valence-corrected chi connectivity index (χ2v) is 9.39. The number of methoxy groups -OCH3 is 1. The lowest BCUT2D eigenvalue weighted by molar-refractivity contribution is 0.102. The molecule has 194 valence electrons. The van der Waals surface area contributed by atoms with Crippen LogP contribution in [0.25, 0.3) is 0 Å². The fraction of sp³-hybridized carbons (Fsp3) is 0.407. The molecule has 10 nitrogen and oxygen atoms in total. The molecule has 2 aliphatic heterocycles. The molecule has 2 fully saturated rings. The van der Waals surface area contributed by atoms with E-state index in [-0.39, 0.29) is 11.3 Å². The first-order valence-corrected chi connectivity index (χ1v) is 12.9. The molecule has 2 aromatic carbocycles. The summed E-state index contributed by atoms with van der Waals surface area (Å²) in [7, 11) is 1.51. The van der Waals surface area contributed by atoms with Crippen LogP contribution in [0.15, 0.2) is 42.5 Å². The van der Waals surface area contributed by atoms with Crippen molar-refractivity contribution in [3.05, 3.63) is 48.0 Å². The average molecular weight is 504 g/mol. The van der Waals surface area contributed by atoms with Gasteiger partial charge in [-0.15, -0.1) is 0 Å². The quantitative estimate of drug-likeness (QED) is 0.427. The molecule has 0 atom stereocenters. The van der Waals surface area contributed by atoms with Crippen LogP contribution >= 0.6 is 0 Å². The Bertz CT molecular complexity index is 1190. The topological polar surface area (TPSA) is 116 Å². The molecular weight excluding hydrogens is 470 g/mol. The predicted molar refractivity (Wildman–Crippen MR) is 144 cm³/mol. The third-order valence-electron chi connectivity index (χ3n) is 6.74. The van der Waals surface area contributed by atoms with Crippen LogP contribution in [0.3, 0.4) is 0 Å². The molecule has 5 rings (SSSR count). The molecule has 0 spiro atoms. The van der Waals surface area contributed by atoms with Gasteiger partial charge in [-0.1, -0.05) is 0 Å². The van der Waals surface area contributed by atoms with Gasteiger partial charge in [0.2, 0.25) is 17.8 Å². The zero-order valence-electron chi connectivity index (χ0n) is 21.1. The van der Waals surface area contributed by atoms with Crippen LogP contribution in [0, 0.1) is 0 Å². The minimum absolute atomic E-state index is 0.111. The van der Waals surface area contributed by atoms with Crippen molar-refractivity contribution >= 4 is 35.1 Å². The summed E-state index contributed by atoms with van der Waals surface area (Å²) in [5.74, 6) is 1.91. The molecule has 1 aromatic heterocycles. The van der Waals surface area contributed by atoms with Gasteiger partial charge in [0, 0.05) is 37.6 Å². The van der Waals surface area contributed by atoms with E-state index >= 15 is 0 Å². The molecule has 0 unspecified atom stereocenters. The molecule has 0 aliphatic carbocycles. The Balaban J connectivity index is 1.32. The molecule has 3 N–H and O–H groups in total. The van der Waals surface area contributed by atoms with E-state index in [2.05, 4.69) is 20.4 Å². The first-order chi connectivity index (χ1) is 18.1. The summed E-state index contributed by atoms with van der Waals surface area (Å²) in [5, 5.41) is 16.2. The van der Waals surface area contributed by atoms with Crippen molar-refractivity contribution in [2.45, 2.75) is 38.5 Å². The maximum Gasteiger partial charge on any atom is 0.259 e. The number of nitrogens with zero attached hydrogens (tertiary/aromatic N) is 5. The summed E-state index contributed by atoms with van der Waals surface area (Å²) in [5.41, 5.74) is 1.53. The highest BCUT2D eigenvalue weighted by molar-refractivity contribution is 6.06. The zero-order valence-corrected chi connectivity index (χ0v) is 21.1. The molecule has 2 aliphatic rings. The van der Waals surface area contributed by atoms with Crippen molar-refractivity contribution in [2.75, 3.05) is 53.7 Å². The van der Waals surface area contributed by atoms with Crippen LogP contribution in [0.5, 0.6) is 11.5 Å². The minimum Gasteiger partial charge on any atom is -0.507 e. The van der Waals surface area contributed by atoms with Crippen molar-refractivity contribution in [1.82, 2.24) is 15.0 Å². The van der Waals surface area contributed by atoms with Gasteiger partial charge in [-0.2, -0.15) is 15.0 Å². The highest BCUT2D eigenvalue weighted by atomic mass is 16.5. The number of rotatable bonds is 7. The second kappa shape index (κ2) is 11.3. The first-order valence-electron chi connectivity index (χ1n) is 12.9. The highest BCUT2D eigenvalue weighted by Crippen LogP contribution is 2.26. The number of nitrogens with one attached hydrogen (secondary N) is 2. The summed E-state index contributed by atoms with van der Waals surface area (Å²) in [6.45, 7) is 3.83. The fourth-order valence-electron chi connectivity index (χ4n) is 4.67. The lowest BCUT2D eigenvalue weighted by atomic mass is 10.1. The fourth-order valence-corrected chi connectivity index (χ4v) is 4.67. The van der Waals surface area contributed by atoms with E-state index in [9.17, 15) is 9.90 Å². The Morgan fingerprint density at radius 1 is 0.811 bits per heavy atom. The smallest absolute Gasteiger partial charge is 0.259 e. The van der Waals surface area contributed by atoms with E-state index in [1.165, 1.54) is 32.1 Å². The number of phenolic OH excluding ortho intramolecular Hbond substituents is 1. The summed E-state index contributed by atoms with van der Waals surface area (Å²) in [6.07, 6.45) is 7.07. The van der Waals surface area contributed by atoms with E-state index in [1.54, 1.807) is 18.2 Å². The first kappa shape index (κ1) is 24.6. The Kier molecular flexibility index (Phi) is 7.53. The lowest BCUT2D eigenvalue weighted by Gasteiger charge is -2.30. The Hall–Kier alpha value is -4.08. The monoisotopic (exact) mass is 503 g/mol. The highest BCUT2D eigenvalue weighted by Gasteiger charge is 2.20. The van der Waals surface area contributed by atoms with Crippen LogP contribution in [-0.2, 0) is 0 Å². The minimum atomic E-state index is -0.424. The van der Waals surface area contributed by atoms with Crippen molar-refractivity contribution in [3.8, 4) is 11.5 Å². The van der Waals surface area contributed by atoms with E-state index in [4.69, 9.17) is 19.7 Å². The molecule has 0 bridgehead atoms. The van der Waals surface area contributed by atoms with Crippen LogP contribution in [0.4, 0.5) is 29.2 Å². The van der Waals surface area contributed by atoms with Gasteiger partial charge in [0.05, 0.1) is 12.7 Å². The largest absolute Gasteiger partial charge is 0.507 e. The number of carbonyl (C=O) groups excluding carboxylic acids is 1. The molecule has 3 aromatic rings. The number of ether oxygens (including phenoxy) is 1. The lowest BCUT2D eigenvalue weighted by Crippen LogP contribution is -2.34. The predicted octanol–water partition coefficient (Wildman–Crippen LogP) is 4.56. The summed E-state index contributed by atoms with van der Waals surface area (Å²) in [4.78, 5) is 31.5. The Labute approximate surface area is 216 Å². The van der Waals surface area contributed by atoms with E-state index in [0.29, 0.717) is 17.4 Å². The van der Waals surface area contributed by atoms with Crippen LogP contribution < -0.4 is 25.2 Å². The normalized spacial score (nSPS) is 15.8. The van der Waals surface area contributed by atoms with Crippen molar-refractivity contribution in [3.63, 3.8) is 0 Å². The summed E-state index contributed by atoms with van der Waals surface area (Å²) in [6, 6.07) is 11.8. The maximum atomic E-state index is 12.7. The Morgan fingerprint density at radius 2 is 1.38 bits per heavy atom. The summed E-state index contributed by atoms with van der Waals surface area (Å²) >= 11 is 0. The van der Waals surface area contributed by atoms with Gasteiger partial charge >= 0.3 is 0 Å². The number of carbonyl (C=O) groups is 1. The molecule has 0 radical (unpaired) electrons. The van der Waals surface area contributed by atoms with E-state index in [1.807, 2.05) is 12.1 Å². The molecule has 3 heterocycles. The molecule has 1 amide bonds. The van der Waals surface area contributed by atoms with Crippen LogP contribution in [-0.4, -0.2) is 59.3 Å². The number of anilines is 5. The van der Waals surface area contributed by atoms with Crippen molar-refractivity contribution < 1.29 is 14.6 Å². The zero-order chi connectivity index (χ0) is 25.6. The third-order valence-corrected chi connectivity index (χ3v) is 6.74. The standard InChI is InChI=1S/C27H33N7O3/c1-37-21-12-13-23(35)22(18-21)24(36)28-19-8-10-20(11-9-19)29-25-30-26(33-14-4-2-5-15-33)32-27(31-25)34-16-6-3-7-17-34/h8-13,18,35H,2-7,14-17H2,1H3,(H,28,36)(H,29,30,31,32). The number of aromatic hydroxyl groups is 1. The van der Waals surface area contributed by atoms with Gasteiger partial charge in [-0.25, -0.2) is 0 Å². The molecule has 0 saturated carbocycles. The maximum absolute atomic E-state index is 12.7. The number of aromatic nitrogens is 3. The van der Waals surface area contributed by atoms with Crippen molar-refractivity contribution in [2.24, 2.45) is 0 Å². The van der Waals surface area contributed by atoms with Crippen molar-refractivity contribution in [1.29, 1.82) is 0 Å².